The van der Waals surface area contributed by atoms with Gasteiger partial charge in [0, 0.05) is 0 Å². The number of esters is 1. The summed E-state index contributed by atoms with van der Waals surface area (Å²) in [6.07, 6.45) is 6.40. The maximum absolute atomic E-state index is 12.3. The summed E-state index contributed by atoms with van der Waals surface area (Å²) >= 11 is 0. The van der Waals surface area contributed by atoms with Crippen LogP contribution in [0.4, 0.5) is 0 Å². The van der Waals surface area contributed by atoms with Crippen molar-refractivity contribution in [3.63, 3.8) is 0 Å². The summed E-state index contributed by atoms with van der Waals surface area (Å²) in [5.74, 6) is 2.32. The molecule has 0 aromatic rings. The normalized spacial score (nSPS) is 48.9. The van der Waals surface area contributed by atoms with Crippen LogP contribution < -0.4 is 0 Å². The lowest BCUT2D eigenvalue weighted by Crippen LogP contribution is -2.39. The molecule has 3 aliphatic rings. The first-order valence-electron chi connectivity index (χ1n) is 7.49. The second kappa shape index (κ2) is 3.74. The van der Waals surface area contributed by atoms with Gasteiger partial charge in [-0.15, -0.1) is 0 Å². The van der Waals surface area contributed by atoms with Gasteiger partial charge in [0.2, 0.25) is 0 Å². The highest BCUT2D eigenvalue weighted by atomic mass is 16.5. The molecule has 4 bridgehead atoms. The third-order valence-corrected chi connectivity index (χ3v) is 6.59. The van der Waals surface area contributed by atoms with E-state index in [9.17, 15) is 4.79 Å². The van der Waals surface area contributed by atoms with E-state index in [0.29, 0.717) is 11.3 Å². The quantitative estimate of drug-likeness (QED) is 0.664. The number of carbonyl (C=O) groups excluding carboxylic acids is 1. The molecule has 3 fully saturated rings. The molecule has 0 saturated heterocycles. The van der Waals surface area contributed by atoms with E-state index < -0.39 is 0 Å². The third kappa shape index (κ3) is 1.38. The molecule has 0 amide bonds. The number of ether oxygens (including phenoxy) is 1. The summed E-state index contributed by atoms with van der Waals surface area (Å²) < 4.78 is 5.13. The zero-order valence-electron chi connectivity index (χ0n) is 12.2. The highest BCUT2D eigenvalue weighted by molar-refractivity contribution is 5.74. The fourth-order valence-corrected chi connectivity index (χ4v) is 5.99. The minimum Gasteiger partial charge on any atom is -0.469 e. The third-order valence-electron chi connectivity index (χ3n) is 6.59. The van der Waals surface area contributed by atoms with E-state index >= 15 is 0 Å². The molecular formula is C16H26O2. The van der Waals surface area contributed by atoms with Gasteiger partial charge in [-0.05, 0) is 54.3 Å². The molecule has 0 aliphatic heterocycles. The van der Waals surface area contributed by atoms with Gasteiger partial charge in [0.1, 0.15) is 0 Å². The number of carbonyl (C=O) groups is 1. The summed E-state index contributed by atoms with van der Waals surface area (Å²) in [6.45, 7) is 7.22. The average molecular weight is 250 g/mol. The molecule has 2 heteroatoms. The Kier molecular flexibility index (Phi) is 2.60. The minimum atomic E-state index is 0.0624. The van der Waals surface area contributed by atoms with Crippen molar-refractivity contribution < 1.29 is 9.53 Å². The van der Waals surface area contributed by atoms with Crippen molar-refractivity contribution in [2.24, 2.45) is 34.5 Å². The Labute approximate surface area is 110 Å². The summed E-state index contributed by atoms with van der Waals surface area (Å²) in [6, 6.07) is 0. The molecule has 0 N–H and O–H groups in total. The minimum absolute atomic E-state index is 0.0624. The Morgan fingerprint density at radius 1 is 1.17 bits per heavy atom. The van der Waals surface area contributed by atoms with E-state index in [4.69, 9.17) is 4.74 Å². The van der Waals surface area contributed by atoms with Gasteiger partial charge >= 0.3 is 5.97 Å². The summed E-state index contributed by atoms with van der Waals surface area (Å²) in [5, 5.41) is 0. The molecule has 0 heterocycles. The zero-order chi connectivity index (χ0) is 13.1. The van der Waals surface area contributed by atoms with Crippen LogP contribution >= 0.6 is 0 Å². The maximum atomic E-state index is 12.3. The molecule has 3 aliphatic carbocycles. The van der Waals surface area contributed by atoms with Crippen molar-refractivity contribution in [3.05, 3.63) is 0 Å². The number of hydrogen-bond acceptors (Lipinski definition) is 2. The van der Waals surface area contributed by atoms with Crippen molar-refractivity contribution in [1.82, 2.24) is 0 Å². The standard InChI is InChI=1S/C16H26O2/c1-15(2)8-5-9-16(3)11-7-6-10(12(11)15)13(16)14(17)18-4/h10-13H,5-9H2,1-4H3/t10-,11+,12-,13+,16+/m0/s1. The van der Waals surface area contributed by atoms with Crippen molar-refractivity contribution >= 4 is 5.97 Å². The first-order chi connectivity index (χ1) is 8.42. The Balaban J connectivity index is 2.05. The second-order valence-corrected chi connectivity index (χ2v) is 7.72. The van der Waals surface area contributed by atoms with Crippen LogP contribution in [-0.2, 0) is 9.53 Å². The Hall–Kier alpha value is -0.530. The Bertz CT molecular complexity index is 373. The number of methoxy groups -OCH3 is 1. The predicted octanol–water partition coefficient (Wildman–Crippen LogP) is 3.65. The molecule has 0 unspecified atom stereocenters. The largest absolute Gasteiger partial charge is 0.469 e. The molecule has 3 saturated carbocycles. The van der Waals surface area contributed by atoms with Crippen molar-refractivity contribution in [2.45, 2.75) is 52.9 Å². The van der Waals surface area contributed by atoms with E-state index in [1.54, 1.807) is 7.11 Å². The molecule has 0 radical (unpaired) electrons. The fourth-order valence-electron chi connectivity index (χ4n) is 5.99. The molecule has 102 valence electrons. The lowest BCUT2D eigenvalue weighted by atomic mass is 9.65. The van der Waals surface area contributed by atoms with Gasteiger partial charge in [0.15, 0.2) is 0 Å². The van der Waals surface area contributed by atoms with Crippen LogP contribution in [0.2, 0.25) is 0 Å². The molecule has 0 aromatic heterocycles. The van der Waals surface area contributed by atoms with E-state index in [0.717, 1.165) is 11.8 Å². The van der Waals surface area contributed by atoms with Crippen LogP contribution in [0.1, 0.15) is 52.9 Å². The maximum Gasteiger partial charge on any atom is 0.309 e. The van der Waals surface area contributed by atoms with Crippen molar-refractivity contribution in [1.29, 1.82) is 0 Å². The van der Waals surface area contributed by atoms with Gasteiger partial charge in [-0.3, -0.25) is 4.79 Å². The van der Waals surface area contributed by atoms with Crippen LogP contribution in [0.5, 0.6) is 0 Å². The molecule has 5 atom stereocenters. The fraction of sp³-hybridized carbons (Fsp3) is 0.938. The highest BCUT2D eigenvalue weighted by Gasteiger charge is 2.67. The van der Waals surface area contributed by atoms with E-state index in [1.807, 2.05) is 0 Å². The summed E-state index contributed by atoms with van der Waals surface area (Å²) in [7, 11) is 1.56. The first kappa shape index (κ1) is 12.5. The number of hydrogen-bond donors (Lipinski definition) is 0. The first-order valence-corrected chi connectivity index (χ1v) is 7.49. The Morgan fingerprint density at radius 2 is 1.89 bits per heavy atom. The lowest BCUT2D eigenvalue weighted by Gasteiger charge is -2.39. The molecular weight excluding hydrogens is 224 g/mol. The van der Waals surface area contributed by atoms with Crippen molar-refractivity contribution in [2.75, 3.05) is 7.11 Å². The van der Waals surface area contributed by atoms with Gasteiger partial charge in [0.25, 0.3) is 0 Å². The number of rotatable bonds is 1. The van der Waals surface area contributed by atoms with Crippen LogP contribution in [-0.4, -0.2) is 13.1 Å². The molecule has 0 spiro atoms. The van der Waals surface area contributed by atoms with Crippen LogP contribution in [0.25, 0.3) is 0 Å². The summed E-state index contributed by atoms with van der Waals surface area (Å²) in [5.41, 5.74) is 0.626. The smallest absolute Gasteiger partial charge is 0.309 e. The topological polar surface area (TPSA) is 26.3 Å². The summed E-state index contributed by atoms with van der Waals surface area (Å²) in [4.78, 5) is 12.3. The Morgan fingerprint density at radius 3 is 2.56 bits per heavy atom. The van der Waals surface area contributed by atoms with E-state index in [1.165, 1.54) is 32.1 Å². The molecule has 18 heavy (non-hydrogen) atoms. The van der Waals surface area contributed by atoms with Gasteiger partial charge in [-0.25, -0.2) is 0 Å². The highest BCUT2D eigenvalue weighted by Crippen LogP contribution is 2.70. The molecule has 3 rings (SSSR count). The van der Waals surface area contributed by atoms with Crippen LogP contribution in [0.3, 0.4) is 0 Å². The lowest BCUT2D eigenvalue weighted by molar-refractivity contribution is -0.153. The molecule has 2 nitrogen and oxygen atoms in total. The zero-order valence-corrected chi connectivity index (χ0v) is 12.2. The van der Waals surface area contributed by atoms with E-state index in [-0.39, 0.29) is 17.3 Å². The SMILES string of the molecule is COC(=O)[C@H]1[C@H]2CC[C@@H]3[C@H]2C(C)(C)CCC[C@]31C. The van der Waals surface area contributed by atoms with E-state index in [2.05, 4.69) is 20.8 Å². The monoisotopic (exact) mass is 250 g/mol. The van der Waals surface area contributed by atoms with Gasteiger partial charge in [0.05, 0.1) is 13.0 Å². The average Bonchev–Trinajstić information content (AvgIpc) is 2.79. The van der Waals surface area contributed by atoms with Gasteiger partial charge < -0.3 is 4.74 Å². The predicted molar refractivity (Wildman–Crippen MR) is 70.9 cm³/mol. The van der Waals surface area contributed by atoms with Gasteiger partial charge in [-0.2, -0.15) is 0 Å². The van der Waals surface area contributed by atoms with Crippen LogP contribution in [0, 0.1) is 34.5 Å². The second-order valence-electron chi connectivity index (χ2n) is 7.72. The van der Waals surface area contributed by atoms with Crippen molar-refractivity contribution in [3.8, 4) is 0 Å². The van der Waals surface area contributed by atoms with Crippen LogP contribution in [0.15, 0.2) is 0 Å². The molecule has 0 aromatic carbocycles. The van der Waals surface area contributed by atoms with Gasteiger partial charge in [-0.1, -0.05) is 27.2 Å².